The summed E-state index contributed by atoms with van der Waals surface area (Å²) >= 11 is 0. The summed E-state index contributed by atoms with van der Waals surface area (Å²) in [5.41, 5.74) is 28.1. The van der Waals surface area contributed by atoms with Crippen molar-refractivity contribution in [3.63, 3.8) is 0 Å². The second kappa shape index (κ2) is 18.9. The highest BCUT2D eigenvalue weighted by Crippen LogP contribution is 2.61. The van der Waals surface area contributed by atoms with Crippen LogP contribution in [0.5, 0.6) is 0 Å². The summed E-state index contributed by atoms with van der Waals surface area (Å²) in [6.07, 6.45) is 9.20. The van der Waals surface area contributed by atoms with Gasteiger partial charge in [-0.15, -0.1) is 13.2 Å². The zero-order valence-electron chi connectivity index (χ0n) is 39.8. The highest BCUT2D eigenvalue weighted by molar-refractivity contribution is 6.11. The average molecular weight is 879 g/mol. The van der Waals surface area contributed by atoms with Crippen molar-refractivity contribution in [2.24, 2.45) is 9.98 Å². The minimum Gasteiger partial charge on any atom is -0.261 e. The normalized spacial score (nSPS) is 14.6. The lowest BCUT2D eigenvalue weighted by Crippen LogP contribution is -2.35. The minimum absolute atomic E-state index is 0.220. The van der Waals surface area contributed by atoms with Crippen LogP contribution in [0.2, 0.25) is 0 Å². The van der Waals surface area contributed by atoms with Crippen LogP contribution in [0.3, 0.4) is 0 Å². The van der Waals surface area contributed by atoms with Gasteiger partial charge in [0, 0.05) is 11.3 Å². The number of fused-ring (bicyclic) bond motifs is 11. The Morgan fingerprint density at radius 2 is 1.18 bits per heavy atom. The Hall–Kier alpha value is -7.68. The van der Waals surface area contributed by atoms with Crippen molar-refractivity contribution in [2.75, 3.05) is 0 Å². The number of amidine groups is 1. The number of aliphatic imine (C=N–C) groups is 2. The molecule has 0 bridgehead atoms. The topological polar surface area (TPSA) is 24.7 Å². The summed E-state index contributed by atoms with van der Waals surface area (Å²) in [6.45, 7) is 15.3. The van der Waals surface area contributed by atoms with Crippen LogP contribution >= 0.6 is 0 Å². The van der Waals surface area contributed by atoms with E-state index in [-0.39, 0.29) is 5.41 Å². The molecule has 332 valence electrons. The molecule has 0 saturated carbocycles. The molecule has 0 N–H and O–H groups in total. The molecule has 8 aromatic carbocycles. The van der Waals surface area contributed by atoms with E-state index in [2.05, 4.69) is 192 Å². The van der Waals surface area contributed by atoms with Gasteiger partial charge < -0.3 is 0 Å². The molecule has 0 unspecified atom stereocenters. The molecule has 4 aliphatic rings. The Kier molecular flexibility index (Phi) is 12.3. The number of hydrogen-bond donors (Lipinski definition) is 0. The van der Waals surface area contributed by atoms with Crippen LogP contribution in [0.4, 0.5) is 0 Å². The van der Waals surface area contributed by atoms with Crippen LogP contribution in [-0.4, -0.2) is 11.5 Å². The van der Waals surface area contributed by atoms with Gasteiger partial charge in [0.05, 0.1) is 12.0 Å². The Morgan fingerprint density at radius 3 is 1.88 bits per heavy atom. The zero-order chi connectivity index (χ0) is 46.8. The molecule has 0 radical (unpaired) electrons. The van der Waals surface area contributed by atoms with E-state index in [0.717, 1.165) is 48.4 Å². The molecule has 0 aromatic heterocycles. The molecular weight excluding hydrogens is 821 g/mol. The second-order valence-electron chi connectivity index (χ2n) is 18.5. The maximum absolute atomic E-state index is 5.03. The largest absolute Gasteiger partial charge is 0.261 e. The maximum Gasteiger partial charge on any atom is 0.155 e. The van der Waals surface area contributed by atoms with E-state index in [0.29, 0.717) is 6.54 Å². The van der Waals surface area contributed by atoms with E-state index in [1.807, 2.05) is 43.3 Å². The minimum atomic E-state index is -0.220. The van der Waals surface area contributed by atoms with Gasteiger partial charge in [-0.25, -0.2) is 4.99 Å². The van der Waals surface area contributed by atoms with E-state index >= 15 is 0 Å². The van der Waals surface area contributed by atoms with Gasteiger partial charge in [0.15, 0.2) is 5.84 Å². The lowest BCUT2D eigenvalue weighted by atomic mass is 9.59. The lowest BCUT2D eigenvalue weighted by Gasteiger charge is -2.42. The molecule has 0 fully saturated rings. The van der Waals surface area contributed by atoms with E-state index in [9.17, 15) is 0 Å². The van der Waals surface area contributed by atoms with Crippen LogP contribution in [0.15, 0.2) is 228 Å². The van der Waals surface area contributed by atoms with Gasteiger partial charge in [-0.3, -0.25) is 4.99 Å². The molecule has 0 atom stereocenters. The smallest absolute Gasteiger partial charge is 0.155 e. The van der Waals surface area contributed by atoms with Crippen molar-refractivity contribution < 1.29 is 0 Å². The molecule has 1 spiro atoms. The van der Waals surface area contributed by atoms with Gasteiger partial charge in [-0.2, -0.15) is 0 Å². The van der Waals surface area contributed by atoms with E-state index in [1.54, 1.807) is 5.57 Å². The molecular formula is C66H58N2. The summed E-state index contributed by atoms with van der Waals surface area (Å²) < 4.78 is 0. The van der Waals surface area contributed by atoms with Crippen LogP contribution in [0.25, 0.3) is 33.4 Å². The number of hydrogen-bond acceptors (Lipinski definition) is 1. The molecule has 68 heavy (non-hydrogen) atoms. The predicted octanol–water partition coefficient (Wildman–Crippen LogP) is 16.3. The summed E-state index contributed by atoms with van der Waals surface area (Å²) in [7, 11) is 0. The molecule has 12 rings (SSSR count). The molecule has 0 amide bonds. The standard InChI is InChI=1S/C34H28.C30H26N2.C2H4/c1-22-11-3-5-13-26(22)29-21-25-20-24-12-4-8-16-30(24)34(33(25)19-23(29)2)31-17-9-6-14-27(31)28-15-7-10-18-32(28)34;1-21-16-17-25-19-26-14-9-15-27(29(26)28(25)18-21)20-31-30(24-12-7-4-8-13-24)32-22(2)23-10-5-3-6-11-23;1-2/h3,5-11,13-19,21H,4,12,20H2,1-2H3;3-18H,19-20H2,1-2H3;1-2H2. The van der Waals surface area contributed by atoms with Crippen molar-refractivity contribution in [1.82, 2.24) is 0 Å². The molecule has 2 heteroatoms. The van der Waals surface area contributed by atoms with Crippen molar-refractivity contribution >= 4 is 11.5 Å². The molecule has 2 nitrogen and oxygen atoms in total. The first-order chi connectivity index (χ1) is 33.4. The van der Waals surface area contributed by atoms with Gasteiger partial charge in [0.2, 0.25) is 0 Å². The monoisotopic (exact) mass is 878 g/mol. The van der Waals surface area contributed by atoms with Gasteiger partial charge in [-0.1, -0.05) is 205 Å². The van der Waals surface area contributed by atoms with Crippen LogP contribution in [-0.2, 0) is 24.8 Å². The van der Waals surface area contributed by atoms with E-state index in [1.165, 1.54) is 94.6 Å². The van der Waals surface area contributed by atoms with Gasteiger partial charge in [0.25, 0.3) is 0 Å². The van der Waals surface area contributed by atoms with E-state index in [4.69, 9.17) is 9.98 Å². The SMILES string of the molecule is C=C.CC(=NC(=NCc1cccc2c1-c1cc(C)ccc1C2)c1ccccc1)c1ccccc1.Cc1ccccc1-c1cc2c(cc1C)C1(C3=C(CCC=C3)C2)c2ccccc2-c2ccccc21. The summed E-state index contributed by atoms with van der Waals surface area (Å²) in [5.74, 6) is 0.770. The Bertz CT molecular complexity index is 3280. The van der Waals surface area contributed by atoms with Crippen LogP contribution in [0, 0.1) is 20.8 Å². The van der Waals surface area contributed by atoms with Crippen molar-refractivity contribution in [2.45, 2.75) is 65.3 Å². The van der Waals surface area contributed by atoms with Crippen molar-refractivity contribution in [3.8, 4) is 33.4 Å². The first-order valence-electron chi connectivity index (χ1n) is 24.1. The fourth-order valence-electron chi connectivity index (χ4n) is 11.3. The van der Waals surface area contributed by atoms with Crippen LogP contribution in [0.1, 0.15) is 86.5 Å². The third-order valence-electron chi connectivity index (χ3n) is 14.4. The highest BCUT2D eigenvalue weighted by Gasteiger charge is 2.50. The Labute approximate surface area is 403 Å². The van der Waals surface area contributed by atoms with Gasteiger partial charge in [-0.05, 0) is 148 Å². The number of rotatable bonds is 5. The summed E-state index contributed by atoms with van der Waals surface area (Å²) in [4.78, 5) is 9.98. The number of nitrogens with zero attached hydrogens (tertiary/aromatic N) is 2. The van der Waals surface area contributed by atoms with Crippen molar-refractivity contribution in [1.29, 1.82) is 0 Å². The van der Waals surface area contributed by atoms with Gasteiger partial charge in [0.1, 0.15) is 0 Å². The Balaban J connectivity index is 0.000000153. The molecule has 0 heterocycles. The predicted molar refractivity (Wildman–Crippen MR) is 288 cm³/mol. The molecule has 0 aliphatic heterocycles. The third-order valence-corrected chi connectivity index (χ3v) is 14.4. The number of benzene rings is 8. The average Bonchev–Trinajstić information content (AvgIpc) is 3.91. The highest BCUT2D eigenvalue weighted by atomic mass is 14.9. The quantitative estimate of drug-likeness (QED) is 0.0935. The summed E-state index contributed by atoms with van der Waals surface area (Å²) in [5, 5.41) is 0. The number of aryl methyl sites for hydroxylation is 3. The third kappa shape index (κ3) is 7.84. The Morgan fingerprint density at radius 1 is 0.529 bits per heavy atom. The molecule has 4 aliphatic carbocycles. The summed E-state index contributed by atoms with van der Waals surface area (Å²) in [6, 6.07) is 66.0. The lowest BCUT2D eigenvalue weighted by molar-refractivity contribution is 0.687. The maximum atomic E-state index is 5.03. The number of allylic oxidation sites excluding steroid dienone is 4. The second-order valence-corrected chi connectivity index (χ2v) is 18.5. The van der Waals surface area contributed by atoms with Crippen molar-refractivity contribution in [3.05, 3.63) is 285 Å². The molecule has 8 aromatic rings. The zero-order valence-corrected chi connectivity index (χ0v) is 39.8. The molecule has 0 saturated heterocycles. The van der Waals surface area contributed by atoms with Gasteiger partial charge >= 0.3 is 0 Å². The first-order valence-corrected chi connectivity index (χ1v) is 24.1. The fourth-order valence-corrected chi connectivity index (χ4v) is 11.3. The first kappa shape index (κ1) is 44.2. The fraction of sp³-hybridized carbons (Fsp3) is 0.152. The van der Waals surface area contributed by atoms with E-state index < -0.39 is 0 Å². The van der Waals surface area contributed by atoms with Crippen LogP contribution < -0.4 is 0 Å².